The van der Waals surface area contributed by atoms with Gasteiger partial charge in [-0.2, -0.15) is 0 Å². The number of para-hydroxylation sites is 1. The molecular formula is C25H25FN4O4. The molecule has 8 nitrogen and oxygen atoms in total. The predicted molar refractivity (Wildman–Crippen MR) is 125 cm³/mol. The van der Waals surface area contributed by atoms with E-state index in [0.717, 1.165) is 5.69 Å². The fourth-order valence-electron chi connectivity index (χ4n) is 3.83. The molecule has 0 aliphatic carbocycles. The number of halogens is 1. The Morgan fingerprint density at radius 1 is 1.18 bits per heavy atom. The highest BCUT2D eigenvalue weighted by Gasteiger charge is 2.35. The molecule has 1 atom stereocenters. The highest BCUT2D eigenvalue weighted by Crippen LogP contribution is 2.24. The first-order chi connectivity index (χ1) is 16.5. The minimum Gasteiger partial charge on any atom is -0.502 e. The molecule has 0 saturated heterocycles. The lowest BCUT2D eigenvalue weighted by Gasteiger charge is -2.42. The molecule has 1 amide bonds. The summed E-state index contributed by atoms with van der Waals surface area (Å²) >= 11 is 0. The molecule has 1 aliphatic heterocycles. The van der Waals surface area contributed by atoms with E-state index in [9.17, 15) is 19.1 Å². The van der Waals surface area contributed by atoms with Crippen molar-refractivity contribution >= 4 is 5.91 Å². The van der Waals surface area contributed by atoms with Crippen molar-refractivity contribution in [2.75, 3.05) is 18.3 Å². The zero-order valence-corrected chi connectivity index (χ0v) is 18.7. The average molecular weight is 464 g/mol. The van der Waals surface area contributed by atoms with Gasteiger partial charge in [0.05, 0.1) is 18.3 Å². The van der Waals surface area contributed by atoms with Crippen LogP contribution in [0.2, 0.25) is 0 Å². The lowest BCUT2D eigenvalue weighted by Crippen LogP contribution is -2.56. The summed E-state index contributed by atoms with van der Waals surface area (Å²) in [4.78, 5) is 31.4. The smallest absolute Gasteiger partial charge is 0.278 e. The first kappa shape index (κ1) is 23.0. The van der Waals surface area contributed by atoms with Crippen LogP contribution in [0.4, 0.5) is 4.39 Å². The average Bonchev–Trinajstić information content (AvgIpc) is 2.85. The van der Waals surface area contributed by atoms with Crippen molar-refractivity contribution in [3.05, 3.63) is 101 Å². The van der Waals surface area contributed by atoms with E-state index in [2.05, 4.69) is 4.98 Å². The van der Waals surface area contributed by atoms with E-state index in [1.807, 2.05) is 36.2 Å². The number of nitrogens with zero attached hydrogens (tertiary/aromatic N) is 4. The van der Waals surface area contributed by atoms with Crippen molar-refractivity contribution in [2.45, 2.75) is 25.9 Å². The Balaban J connectivity index is 1.58. The standard InChI is InChI=1S/C25H25FN4O4/c1-2-19(9-7-15-34-22-11-4-3-10-20(22)26)29-17-28(16-18-8-5-6-13-27-18)30-14-12-21(31)24(32)23(30)25(29)33/h3-14,19,32H,2,15-17H2,1H3/b9-7+/t19-/m0/s1. The van der Waals surface area contributed by atoms with Crippen molar-refractivity contribution in [3.8, 4) is 11.5 Å². The summed E-state index contributed by atoms with van der Waals surface area (Å²) in [5.41, 5.74) is 0.0491. The Hall–Kier alpha value is -4.14. The minimum atomic E-state index is -0.624. The summed E-state index contributed by atoms with van der Waals surface area (Å²) in [6.45, 7) is 2.62. The number of fused-ring (bicyclic) bond motifs is 1. The van der Waals surface area contributed by atoms with Crippen molar-refractivity contribution in [1.29, 1.82) is 0 Å². The number of amides is 1. The van der Waals surface area contributed by atoms with Crippen LogP contribution < -0.4 is 15.2 Å². The number of rotatable bonds is 8. The van der Waals surface area contributed by atoms with Crippen molar-refractivity contribution in [1.82, 2.24) is 14.6 Å². The van der Waals surface area contributed by atoms with Gasteiger partial charge in [0.2, 0.25) is 5.43 Å². The first-order valence-corrected chi connectivity index (χ1v) is 10.9. The van der Waals surface area contributed by atoms with Gasteiger partial charge in [-0.25, -0.2) is 4.39 Å². The van der Waals surface area contributed by atoms with E-state index in [-0.39, 0.29) is 30.8 Å². The molecule has 4 rings (SSSR count). The molecule has 176 valence electrons. The van der Waals surface area contributed by atoms with Gasteiger partial charge < -0.3 is 14.7 Å². The van der Waals surface area contributed by atoms with E-state index >= 15 is 0 Å². The third kappa shape index (κ3) is 4.78. The Morgan fingerprint density at radius 3 is 2.71 bits per heavy atom. The molecular weight excluding hydrogens is 439 g/mol. The van der Waals surface area contributed by atoms with Crippen LogP contribution in [0.3, 0.4) is 0 Å². The summed E-state index contributed by atoms with van der Waals surface area (Å²) < 4.78 is 20.7. The van der Waals surface area contributed by atoms with Crippen molar-refractivity contribution in [3.63, 3.8) is 0 Å². The van der Waals surface area contributed by atoms with Crippen LogP contribution in [0.15, 0.2) is 77.9 Å². The lowest BCUT2D eigenvalue weighted by atomic mass is 10.1. The SMILES string of the molecule is CC[C@@H](/C=C/COc1ccccc1F)N1CN(Cc2ccccn2)n2ccc(=O)c(O)c2C1=O. The largest absolute Gasteiger partial charge is 0.502 e. The molecule has 3 aromatic rings. The quantitative estimate of drug-likeness (QED) is 0.516. The monoisotopic (exact) mass is 464 g/mol. The maximum absolute atomic E-state index is 13.8. The van der Waals surface area contributed by atoms with Crippen LogP contribution in [0.25, 0.3) is 0 Å². The lowest BCUT2D eigenvalue weighted by molar-refractivity contribution is 0.0631. The fourth-order valence-corrected chi connectivity index (χ4v) is 3.83. The molecule has 2 aromatic heterocycles. The molecule has 0 saturated carbocycles. The number of aromatic nitrogens is 2. The summed E-state index contributed by atoms with van der Waals surface area (Å²) in [6.07, 6.45) is 7.28. The number of hydrogen-bond acceptors (Lipinski definition) is 6. The van der Waals surface area contributed by atoms with Gasteiger partial charge in [0.25, 0.3) is 5.91 Å². The van der Waals surface area contributed by atoms with Gasteiger partial charge in [-0.3, -0.25) is 24.3 Å². The number of aromatic hydroxyl groups is 1. The van der Waals surface area contributed by atoms with E-state index in [1.54, 1.807) is 35.4 Å². The molecule has 1 N–H and O–H groups in total. The zero-order valence-electron chi connectivity index (χ0n) is 18.7. The van der Waals surface area contributed by atoms with E-state index in [0.29, 0.717) is 13.0 Å². The highest BCUT2D eigenvalue weighted by molar-refractivity contribution is 5.96. The molecule has 1 aliphatic rings. The van der Waals surface area contributed by atoms with Crippen LogP contribution in [0, 0.1) is 5.82 Å². The van der Waals surface area contributed by atoms with Gasteiger partial charge in [-0.05, 0) is 36.8 Å². The number of pyridine rings is 2. The van der Waals surface area contributed by atoms with E-state index in [1.165, 1.54) is 23.0 Å². The van der Waals surface area contributed by atoms with Gasteiger partial charge in [0, 0.05) is 18.5 Å². The fraction of sp³-hybridized carbons (Fsp3) is 0.240. The molecule has 1 aromatic carbocycles. The summed E-state index contributed by atoms with van der Waals surface area (Å²) in [7, 11) is 0. The summed E-state index contributed by atoms with van der Waals surface area (Å²) in [5, 5.41) is 12.3. The predicted octanol–water partition coefficient (Wildman–Crippen LogP) is 3.05. The first-order valence-electron chi connectivity index (χ1n) is 10.9. The number of ether oxygens (including phenoxy) is 1. The number of hydrogen-bond donors (Lipinski definition) is 1. The minimum absolute atomic E-state index is 0.0934. The summed E-state index contributed by atoms with van der Waals surface area (Å²) in [6, 6.07) is 12.6. The molecule has 0 spiro atoms. The van der Waals surface area contributed by atoms with Crippen LogP contribution >= 0.6 is 0 Å². The molecule has 3 heterocycles. The molecule has 0 unspecified atom stereocenters. The Morgan fingerprint density at radius 2 is 1.97 bits per heavy atom. The third-order valence-electron chi connectivity index (χ3n) is 5.56. The van der Waals surface area contributed by atoms with E-state index < -0.39 is 22.9 Å². The second kappa shape index (κ2) is 10.2. The second-order valence-corrected chi connectivity index (χ2v) is 7.77. The van der Waals surface area contributed by atoms with Crippen LogP contribution in [-0.4, -0.2) is 44.9 Å². The van der Waals surface area contributed by atoms with Gasteiger partial charge in [0.1, 0.15) is 13.3 Å². The topological polar surface area (TPSA) is 87.9 Å². The second-order valence-electron chi connectivity index (χ2n) is 7.77. The Kier molecular flexibility index (Phi) is 6.91. The van der Waals surface area contributed by atoms with Crippen molar-refractivity contribution in [2.24, 2.45) is 0 Å². The number of carbonyl (C=O) groups excluding carboxylic acids is 1. The van der Waals surface area contributed by atoms with Gasteiger partial charge >= 0.3 is 0 Å². The van der Waals surface area contributed by atoms with Gasteiger partial charge in [-0.1, -0.05) is 31.2 Å². The highest BCUT2D eigenvalue weighted by atomic mass is 19.1. The van der Waals surface area contributed by atoms with Crippen LogP contribution in [0.5, 0.6) is 11.5 Å². The molecule has 0 fully saturated rings. The van der Waals surface area contributed by atoms with Gasteiger partial charge in [0.15, 0.2) is 23.0 Å². The normalized spacial score (nSPS) is 14.4. The molecule has 0 radical (unpaired) electrons. The van der Waals surface area contributed by atoms with Crippen LogP contribution in [-0.2, 0) is 6.54 Å². The van der Waals surface area contributed by atoms with Gasteiger partial charge in [-0.15, -0.1) is 0 Å². The van der Waals surface area contributed by atoms with Crippen molar-refractivity contribution < 1.29 is 19.0 Å². The number of carbonyl (C=O) groups is 1. The third-order valence-corrected chi connectivity index (χ3v) is 5.56. The van der Waals surface area contributed by atoms with Crippen LogP contribution in [0.1, 0.15) is 29.5 Å². The summed E-state index contributed by atoms with van der Waals surface area (Å²) in [5.74, 6) is -1.35. The maximum atomic E-state index is 13.8. The number of benzene rings is 1. The Labute approximate surface area is 196 Å². The maximum Gasteiger partial charge on any atom is 0.278 e. The Bertz CT molecular complexity index is 1250. The van der Waals surface area contributed by atoms with E-state index in [4.69, 9.17) is 4.74 Å². The molecule has 9 heteroatoms. The molecule has 0 bridgehead atoms. The molecule has 34 heavy (non-hydrogen) atoms. The zero-order chi connectivity index (χ0) is 24.1.